The predicted molar refractivity (Wildman–Crippen MR) is 98.2 cm³/mol. The van der Waals surface area contributed by atoms with E-state index in [1.54, 1.807) is 0 Å². The van der Waals surface area contributed by atoms with E-state index in [-0.39, 0.29) is 0 Å². The van der Waals surface area contributed by atoms with Crippen molar-refractivity contribution in [3.63, 3.8) is 0 Å². The van der Waals surface area contributed by atoms with Gasteiger partial charge in [-0.05, 0) is 59.4 Å². The van der Waals surface area contributed by atoms with Crippen molar-refractivity contribution in [3.8, 4) is 0 Å². The Morgan fingerprint density at radius 1 is 0.565 bits per heavy atom. The van der Waals surface area contributed by atoms with Crippen LogP contribution in [0.4, 0.5) is 17.1 Å². The lowest BCUT2D eigenvalue weighted by Gasteiger charge is -2.12. The summed E-state index contributed by atoms with van der Waals surface area (Å²) in [7, 11) is 0. The number of benzene rings is 3. The Morgan fingerprint density at radius 2 is 1.00 bits per heavy atom. The summed E-state index contributed by atoms with van der Waals surface area (Å²) in [6.07, 6.45) is 1.56. The summed E-state index contributed by atoms with van der Waals surface area (Å²) < 4.78 is 0. The van der Waals surface area contributed by atoms with Crippen LogP contribution < -0.4 is 17.2 Å². The molecule has 0 aliphatic carbocycles. The third-order valence-corrected chi connectivity index (χ3v) is 3.98. The second kappa shape index (κ2) is 6.44. The van der Waals surface area contributed by atoms with Crippen LogP contribution in [0.2, 0.25) is 0 Å². The number of rotatable bonds is 4. The summed E-state index contributed by atoms with van der Waals surface area (Å²) in [5.41, 5.74) is 25.1. The molecule has 0 radical (unpaired) electrons. The number of hydrogen-bond acceptors (Lipinski definition) is 3. The highest BCUT2D eigenvalue weighted by Gasteiger charge is 2.07. The van der Waals surface area contributed by atoms with Crippen LogP contribution in [0.1, 0.15) is 22.3 Å². The van der Waals surface area contributed by atoms with Crippen molar-refractivity contribution >= 4 is 17.1 Å². The van der Waals surface area contributed by atoms with Gasteiger partial charge >= 0.3 is 0 Å². The minimum atomic E-state index is 0.775. The number of hydrogen-bond donors (Lipinski definition) is 3. The van der Waals surface area contributed by atoms with E-state index >= 15 is 0 Å². The van der Waals surface area contributed by atoms with Crippen molar-refractivity contribution in [3.05, 3.63) is 89.0 Å². The zero-order valence-corrected chi connectivity index (χ0v) is 13.0. The molecular weight excluding hydrogens is 282 g/mol. The van der Waals surface area contributed by atoms with Crippen molar-refractivity contribution in [1.29, 1.82) is 0 Å². The van der Waals surface area contributed by atoms with Crippen molar-refractivity contribution in [2.24, 2.45) is 0 Å². The molecule has 0 bridgehead atoms. The molecule has 0 amide bonds. The molecule has 0 saturated heterocycles. The standard InChI is InChI=1S/C20H21N3/c21-18-8-1-4-14(12-18)10-16-6-3-7-17(20(16)23)11-15-5-2-9-19(22)13-15/h1-9,12-13H,10-11,21-23H2. The first-order valence-corrected chi connectivity index (χ1v) is 7.67. The van der Waals surface area contributed by atoms with Gasteiger partial charge in [0.2, 0.25) is 0 Å². The second-order valence-corrected chi connectivity index (χ2v) is 5.83. The normalized spacial score (nSPS) is 10.6. The van der Waals surface area contributed by atoms with Crippen LogP contribution in [0.5, 0.6) is 0 Å². The lowest BCUT2D eigenvalue weighted by atomic mass is 9.96. The molecule has 0 spiro atoms. The second-order valence-electron chi connectivity index (χ2n) is 5.83. The number of nitrogen functional groups attached to an aromatic ring is 3. The molecule has 116 valence electrons. The Hall–Kier alpha value is -2.94. The molecule has 3 rings (SSSR count). The summed E-state index contributed by atoms with van der Waals surface area (Å²) in [4.78, 5) is 0. The van der Waals surface area contributed by atoms with Crippen molar-refractivity contribution < 1.29 is 0 Å². The molecule has 0 aliphatic rings. The van der Waals surface area contributed by atoms with E-state index in [1.165, 1.54) is 0 Å². The maximum absolute atomic E-state index is 6.39. The van der Waals surface area contributed by atoms with Crippen LogP contribution in [-0.4, -0.2) is 0 Å². The Balaban J connectivity index is 1.86. The summed E-state index contributed by atoms with van der Waals surface area (Å²) >= 11 is 0. The highest BCUT2D eigenvalue weighted by Crippen LogP contribution is 2.24. The molecule has 3 aromatic rings. The fourth-order valence-corrected chi connectivity index (χ4v) is 2.82. The van der Waals surface area contributed by atoms with Gasteiger partial charge < -0.3 is 17.2 Å². The van der Waals surface area contributed by atoms with Gasteiger partial charge in [0, 0.05) is 17.1 Å². The van der Waals surface area contributed by atoms with E-state index in [0.29, 0.717) is 0 Å². The fourth-order valence-electron chi connectivity index (χ4n) is 2.82. The van der Waals surface area contributed by atoms with Crippen molar-refractivity contribution in [1.82, 2.24) is 0 Å². The molecule has 0 unspecified atom stereocenters. The first kappa shape index (κ1) is 15.0. The van der Waals surface area contributed by atoms with Crippen LogP contribution in [0.15, 0.2) is 66.7 Å². The van der Waals surface area contributed by atoms with Crippen molar-refractivity contribution in [2.45, 2.75) is 12.8 Å². The number of anilines is 3. The van der Waals surface area contributed by atoms with Gasteiger partial charge in [0.05, 0.1) is 0 Å². The Bertz CT molecular complexity index is 759. The summed E-state index contributed by atoms with van der Waals surface area (Å²) in [6, 6.07) is 22.0. The fraction of sp³-hybridized carbons (Fsp3) is 0.100. The van der Waals surface area contributed by atoms with Gasteiger partial charge in [0.1, 0.15) is 0 Å². The molecule has 0 saturated carbocycles. The minimum Gasteiger partial charge on any atom is -0.399 e. The van der Waals surface area contributed by atoms with Crippen LogP contribution in [0.25, 0.3) is 0 Å². The predicted octanol–water partition coefficient (Wildman–Crippen LogP) is 3.61. The maximum Gasteiger partial charge on any atom is 0.0385 e. The molecule has 0 atom stereocenters. The highest BCUT2D eigenvalue weighted by molar-refractivity contribution is 5.57. The first-order chi connectivity index (χ1) is 11.1. The van der Waals surface area contributed by atoms with E-state index in [2.05, 4.69) is 30.3 Å². The van der Waals surface area contributed by atoms with E-state index in [0.717, 1.165) is 52.2 Å². The Labute approximate surface area is 136 Å². The van der Waals surface area contributed by atoms with Gasteiger partial charge in [0.25, 0.3) is 0 Å². The zero-order chi connectivity index (χ0) is 16.2. The van der Waals surface area contributed by atoms with Crippen LogP contribution >= 0.6 is 0 Å². The topological polar surface area (TPSA) is 78.1 Å². The minimum absolute atomic E-state index is 0.775. The Morgan fingerprint density at radius 3 is 1.43 bits per heavy atom. The zero-order valence-electron chi connectivity index (χ0n) is 13.0. The lowest BCUT2D eigenvalue weighted by molar-refractivity contribution is 1.15. The van der Waals surface area contributed by atoms with Gasteiger partial charge in [-0.3, -0.25) is 0 Å². The molecule has 6 N–H and O–H groups in total. The lowest BCUT2D eigenvalue weighted by Crippen LogP contribution is -2.02. The molecule has 3 heteroatoms. The SMILES string of the molecule is Nc1cccc(Cc2cccc(Cc3cccc(N)c3)c2N)c1. The molecule has 0 aromatic heterocycles. The van der Waals surface area contributed by atoms with Crippen LogP contribution in [0.3, 0.4) is 0 Å². The molecule has 23 heavy (non-hydrogen) atoms. The van der Waals surface area contributed by atoms with E-state index in [9.17, 15) is 0 Å². The summed E-state index contributed by atoms with van der Waals surface area (Å²) in [5.74, 6) is 0. The quantitative estimate of drug-likeness (QED) is 0.644. The average Bonchev–Trinajstić information content (AvgIpc) is 2.51. The molecule has 0 aliphatic heterocycles. The Kier molecular flexibility index (Phi) is 4.20. The van der Waals surface area contributed by atoms with Gasteiger partial charge in [-0.25, -0.2) is 0 Å². The van der Waals surface area contributed by atoms with Crippen LogP contribution in [-0.2, 0) is 12.8 Å². The van der Waals surface area contributed by atoms with Gasteiger partial charge in [-0.1, -0.05) is 42.5 Å². The number of nitrogens with two attached hydrogens (primary N) is 3. The molecular formula is C20H21N3. The summed E-state index contributed by atoms with van der Waals surface area (Å²) in [5, 5.41) is 0. The van der Waals surface area contributed by atoms with Gasteiger partial charge in [0.15, 0.2) is 0 Å². The number of para-hydroxylation sites is 1. The molecule has 0 fully saturated rings. The van der Waals surface area contributed by atoms with Gasteiger partial charge in [-0.2, -0.15) is 0 Å². The maximum atomic E-state index is 6.39. The van der Waals surface area contributed by atoms with E-state index < -0.39 is 0 Å². The monoisotopic (exact) mass is 303 g/mol. The third kappa shape index (κ3) is 3.64. The first-order valence-electron chi connectivity index (χ1n) is 7.67. The highest BCUT2D eigenvalue weighted by atomic mass is 14.6. The average molecular weight is 303 g/mol. The third-order valence-electron chi connectivity index (χ3n) is 3.98. The van der Waals surface area contributed by atoms with Crippen LogP contribution in [0, 0.1) is 0 Å². The van der Waals surface area contributed by atoms with Gasteiger partial charge in [-0.15, -0.1) is 0 Å². The molecule has 3 nitrogen and oxygen atoms in total. The molecule has 0 heterocycles. The van der Waals surface area contributed by atoms with E-state index in [4.69, 9.17) is 17.2 Å². The molecule has 3 aromatic carbocycles. The smallest absolute Gasteiger partial charge is 0.0385 e. The summed E-state index contributed by atoms with van der Waals surface area (Å²) in [6.45, 7) is 0. The largest absolute Gasteiger partial charge is 0.399 e. The van der Waals surface area contributed by atoms with E-state index in [1.807, 2.05) is 36.4 Å². The van der Waals surface area contributed by atoms with Crippen molar-refractivity contribution in [2.75, 3.05) is 17.2 Å².